The third-order valence-electron chi connectivity index (χ3n) is 5.11. The molecule has 1 heterocycles. The van der Waals surface area contributed by atoms with Crippen molar-refractivity contribution in [2.75, 3.05) is 52.4 Å². The van der Waals surface area contributed by atoms with Crippen LogP contribution in [0.2, 0.25) is 0 Å². The predicted molar refractivity (Wildman–Crippen MR) is 127 cm³/mol. The molecule has 0 aliphatic carbocycles. The molecule has 0 radical (unpaired) electrons. The summed E-state index contributed by atoms with van der Waals surface area (Å²) in [7, 11) is 0. The first-order valence-corrected chi connectivity index (χ1v) is 10.1. The second-order valence-corrected chi connectivity index (χ2v) is 7.34. The number of nitrogens with one attached hydrogen (secondary N) is 2. The first-order chi connectivity index (χ1) is 12.6. The third-order valence-corrected chi connectivity index (χ3v) is 5.11. The Morgan fingerprint density at radius 3 is 2.37 bits per heavy atom. The van der Waals surface area contributed by atoms with Crippen molar-refractivity contribution in [3.05, 3.63) is 35.4 Å². The first-order valence-electron chi connectivity index (χ1n) is 10.1. The molecule has 0 bridgehead atoms. The summed E-state index contributed by atoms with van der Waals surface area (Å²) in [5.41, 5.74) is 2.58. The van der Waals surface area contributed by atoms with E-state index in [0.29, 0.717) is 5.92 Å². The molecule has 0 spiro atoms. The van der Waals surface area contributed by atoms with E-state index in [4.69, 9.17) is 4.99 Å². The lowest BCUT2D eigenvalue weighted by atomic mass is 10.1. The minimum atomic E-state index is 0. The van der Waals surface area contributed by atoms with E-state index >= 15 is 0 Å². The van der Waals surface area contributed by atoms with Crippen LogP contribution in [0.4, 0.5) is 0 Å². The fraction of sp³-hybridized carbons (Fsp3) is 0.667. The number of aliphatic imine (C=N–C) groups is 1. The maximum absolute atomic E-state index is 4.76. The quantitative estimate of drug-likeness (QED) is 0.336. The highest BCUT2D eigenvalue weighted by atomic mass is 127. The first kappa shape index (κ1) is 24.2. The minimum Gasteiger partial charge on any atom is -0.357 e. The van der Waals surface area contributed by atoms with Crippen molar-refractivity contribution in [1.29, 1.82) is 0 Å². The second kappa shape index (κ2) is 13.3. The molecule has 0 saturated carbocycles. The van der Waals surface area contributed by atoms with E-state index in [1.165, 1.54) is 43.9 Å². The van der Waals surface area contributed by atoms with Gasteiger partial charge in [0.25, 0.3) is 0 Å². The van der Waals surface area contributed by atoms with Gasteiger partial charge in [-0.1, -0.05) is 38.1 Å². The summed E-state index contributed by atoms with van der Waals surface area (Å²) in [6.45, 7) is 18.5. The maximum Gasteiger partial charge on any atom is 0.191 e. The highest BCUT2D eigenvalue weighted by Gasteiger charge is 2.17. The van der Waals surface area contributed by atoms with Crippen molar-refractivity contribution >= 4 is 29.9 Å². The monoisotopic (exact) mass is 487 g/mol. The Labute approximate surface area is 183 Å². The van der Waals surface area contributed by atoms with Crippen LogP contribution in [0.1, 0.15) is 31.9 Å². The molecule has 1 aromatic carbocycles. The summed E-state index contributed by atoms with van der Waals surface area (Å²) in [6.07, 6.45) is 0. The van der Waals surface area contributed by atoms with Crippen LogP contribution in [0.15, 0.2) is 29.3 Å². The fourth-order valence-corrected chi connectivity index (χ4v) is 3.36. The molecule has 1 aliphatic heterocycles. The van der Waals surface area contributed by atoms with Gasteiger partial charge in [0, 0.05) is 45.8 Å². The number of rotatable bonds is 8. The number of hydrogen-bond donors (Lipinski definition) is 2. The molecule has 1 unspecified atom stereocenters. The van der Waals surface area contributed by atoms with Crippen LogP contribution in [0.5, 0.6) is 0 Å². The summed E-state index contributed by atoms with van der Waals surface area (Å²) in [4.78, 5) is 9.88. The number of benzene rings is 1. The minimum absolute atomic E-state index is 0. The molecule has 6 heteroatoms. The summed E-state index contributed by atoms with van der Waals surface area (Å²) in [5, 5.41) is 6.88. The molecule has 1 fully saturated rings. The van der Waals surface area contributed by atoms with E-state index < -0.39 is 0 Å². The molecule has 27 heavy (non-hydrogen) atoms. The number of halogens is 1. The van der Waals surface area contributed by atoms with Crippen molar-refractivity contribution in [2.45, 2.75) is 34.2 Å². The SMILES string of the molecule is CCNC(=NCc1ccccc1C)NCC(C)CN1CCN(CC)CC1.I. The van der Waals surface area contributed by atoms with E-state index in [9.17, 15) is 0 Å². The zero-order valence-corrected chi connectivity index (χ0v) is 19.8. The van der Waals surface area contributed by atoms with Gasteiger partial charge in [-0.25, -0.2) is 4.99 Å². The Morgan fingerprint density at radius 2 is 1.74 bits per heavy atom. The molecule has 2 rings (SSSR count). The number of guanidine groups is 1. The molecular weight excluding hydrogens is 449 g/mol. The van der Waals surface area contributed by atoms with Gasteiger partial charge in [-0.3, -0.25) is 0 Å². The van der Waals surface area contributed by atoms with Crippen LogP contribution in [0.25, 0.3) is 0 Å². The highest BCUT2D eigenvalue weighted by Crippen LogP contribution is 2.08. The predicted octanol–water partition coefficient (Wildman–Crippen LogP) is 2.94. The van der Waals surface area contributed by atoms with Crippen molar-refractivity contribution in [3.8, 4) is 0 Å². The lowest BCUT2D eigenvalue weighted by molar-refractivity contribution is 0.124. The average molecular weight is 487 g/mol. The Bertz CT molecular complexity index is 555. The van der Waals surface area contributed by atoms with Gasteiger partial charge in [-0.2, -0.15) is 0 Å². The number of likely N-dealkylation sites (N-methyl/N-ethyl adjacent to an activating group) is 1. The van der Waals surface area contributed by atoms with Crippen LogP contribution in [-0.2, 0) is 6.54 Å². The van der Waals surface area contributed by atoms with Crippen LogP contribution < -0.4 is 10.6 Å². The number of hydrogen-bond acceptors (Lipinski definition) is 3. The molecule has 5 nitrogen and oxygen atoms in total. The second-order valence-electron chi connectivity index (χ2n) is 7.34. The van der Waals surface area contributed by atoms with Gasteiger partial charge in [-0.05, 0) is 37.4 Å². The van der Waals surface area contributed by atoms with Crippen molar-refractivity contribution in [3.63, 3.8) is 0 Å². The van der Waals surface area contributed by atoms with Crippen LogP contribution in [0, 0.1) is 12.8 Å². The van der Waals surface area contributed by atoms with E-state index in [2.05, 4.69) is 72.4 Å². The molecule has 1 atom stereocenters. The van der Waals surface area contributed by atoms with Gasteiger partial charge in [0.05, 0.1) is 6.54 Å². The number of nitrogens with zero attached hydrogens (tertiary/aromatic N) is 3. The van der Waals surface area contributed by atoms with Gasteiger partial charge >= 0.3 is 0 Å². The van der Waals surface area contributed by atoms with Crippen LogP contribution in [0.3, 0.4) is 0 Å². The number of piperazine rings is 1. The van der Waals surface area contributed by atoms with Gasteiger partial charge < -0.3 is 20.4 Å². The van der Waals surface area contributed by atoms with Gasteiger partial charge in [0.15, 0.2) is 5.96 Å². The van der Waals surface area contributed by atoms with E-state index in [0.717, 1.165) is 32.1 Å². The number of aryl methyl sites for hydroxylation is 1. The summed E-state index contributed by atoms with van der Waals surface area (Å²) in [6, 6.07) is 8.46. The van der Waals surface area contributed by atoms with Crippen molar-refractivity contribution in [1.82, 2.24) is 20.4 Å². The summed E-state index contributed by atoms with van der Waals surface area (Å²) >= 11 is 0. The van der Waals surface area contributed by atoms with Crippen molar-refractivity contribution in [2.24, 2.45) is 10.9 Å². The van der Waals surface area contributed by atoms with E-state index in [1.54, 1.807) is 0 Å². The average Bonchev–Trinajstić information content (AvgIpc) is 2.66. The molecule has 2 N–H and O–H groups in total. The molecule has 0 amide bonds. The summed E-state index contributed by atoms with van der Waals surface area (Å²) in [5.74, 6) is 1.52. The Morgan fingerprint density at radius 1 is 1.07 bits per heavy atom. The van der Waals surface area contributed by atoms with Gasteiger partial charge in [0.1, 0.15) is 0 Å². The maximum atomic E-state index is 4.76. The zero-order chi connectivity index (χ0) is 18.8. The fourth-order valence-electron chi connectivity index (χ4n) is 3.36. The molecule has 1 saturated heterocycles. The normalized spacial score (nSPS) is 17.3. The highest BCUT2D eigenvalue weighted by molar-refractivity contribution is 14.0. The lowest BCUT2D eigenvalue weighted by Crippen LogP contribution is -2.48. The molecule has 0 aromatic heterocycles. The van der Waals surface area contributed by atoms with E-state index in [1.807, 2.05) is 0 Å². The summed E-state index contributed by atoms with van der Waals surface area (Å²) < 4.78 is 0. The molecular formula is C21H38IN5. The largest absolute Gasteiger partial charge is 0.357 e. The van der Waals surface area contributed by atoms with Crippen LogP contribution in [-0.4, -0.2) is 68.1 Å². The lowest BCUT2D eigenvalue weighted by Gasteiger charge is -2.35. The van der Waals surface area contributed by atoms with Gasteiger partial charge in [0.2, 0.25) is 0 Å². The molecule has 1 aliphatic rings. The topological polar surface area (TPSA) is 42.9 Å². The Kier molecular flexibility index (Phi) is 11.9. The third kappa shape index (κ3) is 8.79. The Hall–Kier alpha value is -0.860. The van der Waals surface area contributed by atoms with Crippen molar-refractivity contribution < 1.29 is 0 Å². The zero-order valence-electron chi connectivity index (χ0n) is 17.5. The van der Waals surface area contributed by atoms with E-state index in [-0.39, 0.29) is 24.0 Å². The standard InChI is InChI=1S/C21H37N5.HI/c1-5-22-21(24-16-20-10-8-7-9-19(20)4)23-15-18(3)17-26-13-11-25(6-2)12-14-26;/h7-10,18H,5-6,11-17H2,1-4H3,(H2,22,23,24);1H. The van der Waals surface area contributed by atoms with Crippen LogP contribution >= 0.6 is 24.0 Å². The van der Waals surface area contributed by atoms with Gasteiger partial charge in [-0.15, -0.1) is 24.0 Å². The molecule has 154 valence electrons. The molecule has 1 aromatic rings. The Balaban J connectivity index is 0.00000364. The smallest absolute Gasteiger partial charge is 0.191 e.